The van der Waals surface area contributed by atoms with Gasteiger partial charge in [-0.2, -0.15) is 5.10 Å². The Morgan fingerprint density at radius 2 is 1.63 bits per heavy atom. The van der Waals surface area contributed by atoms with Crippen LogP contribution in [0.3, 0.4) is 0 Å². The predicted octanol–water partition coefficient (Wildman–Crippen LogP) is 4.80. The lowest BCUT2D eigenvalue weighted by molar-refractivity contribution is 0.263. The van der Waals surface area contributed by atoms with E-state index < -0.39 is 0 Å². The molecule has 194 valence electrons. The standard InChI is InChI=1S/C29H31N7O2/c1-34(17-9-19-37-25-10-5-3-6-11-25)18-16-27-32-29(33-36(27)24-21-31-35(2)22-24)23-14-15-28(30-20-23)38-26-12-7-4-8-13-26/h3-8,10-15,20-22H,9,16-19H2,1-2H3. The van der Waals surface area contributed by atoms with Gasteiger partial charge in [0.1, 0.15) is 23.0 Å². The van der Waals surface area contributed by atoms with Crippen molar-refractivity contribution in [2.24, 2.45) is 7.05 Å². The van der Waals surface area contributed by atoms with Crippen LogP contribution in [0.4, 0.5) is 0 Å². The summed E-state index contributed by atoms with van der Waals surface area (Å²) < 4.78 is 15.3. The molecule has 0 amide bonds. The summed E-state index contributed by atoms with van der Waals surface area (Å²) in [5, 5.41) is 9.11. The molecule has 0 aliphatic heterocycles. The summed E-state index contributed by atoms with van der Waals surface area (Å²) >= 11 is 0. The summed E-state index contributed by atoms with van der Waals surface area (Å²) in [5.74, 6) is 3.64. The van der Waals surface area contributed by atoms with Gasteiger partial charge in [-0.15, -0.1) is 5.10 Å². The topological polar surface area (TPSA) is 83.1 Å². The van der Waals surface area contributed by atoms with Gasteiger partial charge in [-0.3, -0.25) is 4.68 Å². The fraction of sp³-hybridized carbons (Fsp3) is 0.241. The second kappa shape index (κ2) is 12.2. The quantitative estimate of drug-likeness (QED) is 0.224. The number of hydrogen-bond acceptors (Lipinski definition) is 7. The molecule has 0 N–H and O–H groups in total. The molecule has 5 rings (SSSR count). The number of aromatic nitrogens is 6. The number of ether oxygens (including phenoxy) is 2. The van der Waals surface area contributed by atoms with E-state index in [1.165, 1.54) is 0 Å². The smallest absolute Gasteiger partial charge is 0.219 e. The number of aryl methyl sites for hydroxylation is 1. The maximum absolute atomic E-state index is 5.82. The Balaban J connectivity index is 1.23. The van der Waals surface area contributed by atoms with Gasteiger partial charge in [-0.05, 0) is 43.8 Å². The molecule has 0 spiro atoms. The van der Waals surface area contributed by atoms with Crippen molar-refractivity contribution in [3.8, 4) is 34.5 Å². The van der Waals surface area contributed by atoms with E-state index in [-0.39, 0.29) is 0 Å². The van der Waals surface area contributed by atoms with E-state index in [9.17, 15) is 0 Å². The molecule has 0 saturated heterocycles. The maximum atomic E-state index is 5.82. The number of benzene rings is 2. The van der Waals surface area contributed by atoms with Crippen molar-refractivity contribution in [3.63, 3.8) is 0 Å². The minimum absolute atomic E-state index is 0.518. The first kappa shape index (κ1) is 25.2. The minimum Gasteiger partial charge on any atom is -0.494 e. The summed E-state index contributed by atoms with van der Waals surface area (Å²) in [6.07, 6.45) is 7.14. The third-order valence-corrected chi connectivity index (χ3v) is 5.98. The number of pyridine rings is 1. The van der Waals surface area contributed by atoms with Crippen LogP contribution in [0.2, 0.25) is 0 Å². The van der Waals surface area contributed by atoms with Gasteiger partial charge in [0.15, 0.2) is 5.82 Å². The van der Waals surface area contributed by atoms with E-state index in [2.05, 4.69) is 22.0 Å². The first-order chi connectivity index (χ1) is 18.6. The van der Waals surface area contributed by atoms with Crippen molar-refractivity contribution in [1.29, 1.82) is 0 Å². The highest BCUT2D eigenvalue weighted by Gasteiger charge is 2.16. The molecule has 38 heavy (non-hydrogen) atoms. The average Bonchev–Trinajstić information content (AvgIpc) is 3.58. The molecule has 3 heterocycles. The first-order valence-corrected chi connectivity index (χ1v) is 12.6. The Morgan fingerprint density at radius 1 is 0.868 bits per heavy atom. The molecule has 5 aromatic rings. The van der Waals surface area contributed by atoms with Gasteiger partial charge in [0.05, 0.1) is 19.0 Å². The normalized spacial score (nSPS) is 11.1. The number of rotatable bonds is 12. The van der Waals surface area contributed by atoms with Crippen LogP contribution < -0.4 is 9.47 Å². The molecule has 0 unspecified atom stereocenters. The second-order valence-electron chi connectivity index (χ2n) is 9.00. The van der Waals surface area contributed by atoms with E-state index in [0.29, 0.717) is 18.3 Å². The fourth-order valence-corrected chi connectivity index (χ4v) is 3.98. The van der Waals surface area contributed by atoms with E-state index >= 15 is 0 Å². The van der Waals surface area contributed by atoms with Crippen molar-refractivity contribution in [2.45, 2.75) is 12.8 Å². The van der Waals surface area contributed by atoms with E-state index in [4.69, 9.17) is 19.6 Å². The highest BCUT2D eigenvalue weighted by molar-refractivity contribution is 5.54. The van der Waals surface area contributed by atoms with Gasteiger partial charge in [-0.25, -0.2) is 14.6 Å². The van der Waals surface area contributed by atoms with E-state index in [0.717, 1.165) is 54.5 Å². The van der Waals surface area contributed by atoms with Crippen LogP contribution in [0.25, 0.3) is 17.1 Å². The highest BCUT2D eigenvalue weighted by Crippen LogP contribution is 2.23. The summed E-state index contributed by atoms with van der Waals surface area (Å²) in [7, 11) is 4.01. The Kier molecular flexibility index (Phi) is 8.05. The zero-order valence-corrected chi connectivity index (χ0v) is 21.6. The van der Waals surface area contributed by atoms with Crippen molar-refractivity contribution < 1.29 is 9.47 Å². The summed E-state index contributed by atoms with van der Waals surface area (Å²) in [6, 6.07) is 23.3. The zero-order chi connectivity index (χ0) is 26.2. The number of para-hydroxylation sites is 2. The predicted molar refractivity (Wildman–Crippen MR) is 146 cm³/mol. The molecule has 0 radical (unpaired) electrons. The first-order valence-electron chi connectivity index (χ1n) is 12.6. The minimum atomic E-state index is 0.518. The van der Waals surface area contributed by atoms with Crippen LogP contribution >= 0.6 is 0 Å². The molecule has 0 fully saturated rings. The van der Waals surface area contributed by atoms with Gasteiger partial charge < -0.3 is 14.4 Å². The Hall–Kier alpha value is -4.50. The summed E-state index contributed by atoms with van der Waals surface area (Å²) in [6.45, 7) is 2.45. The Labute approximate surface area is 222 Å². The Morgan fingerprint density at radius 3 is 2.32 bits per heavy atom. The molecular formula is C29H31N7O2. The van der Waals surface area contributed by atoms with Crippen molar-refractivity contribution in [2.75, 3.05) is 26.7 Å². The Bertz CT molecular complexity index is 1420. The van der Waals surface area contributed by atoms with Gasteiger partial charge in [0, 0.05) is 44.4 Å². The molecule has 9 heteroatoms. The summed E-state index contributed by atoms with van der Waals surface area (Å²) in [4.78, 5) is 11.6. The van der Waals surface area contributed by atoms with Crippen LogP contribution in [-0.2, 0) is 13.5 Å². The maximum Gasteiger partial charge on any atom is 0.219 e. The van der Waals surface area contributed by atoms with E-state index in [1.54, 1.807) is 17.1 Å². The molecule has 0 aliphatic rings. The fourth-order valence-electron chi connectivity index (χ4n) is 3.98. The molecule has 2 aromatic carbocycles. The number of hydrogen-bond donors (Lipinski definition) is 0. The molecular weight excluding hydrogens is 478 g/mol. The molecule has 0 saturated carbocycles. The van der Waals surface area contributed by atoms with Crippen LogP contribution in [0.1, 0.15) is 12.2 Å². The number of likely N-dealkylation sites (N-methyl/N-ethyl adjacent to an activating group) is 1. The van der Waals surface area contributed by atoms with Crippen LogP contribution in [0.5, 0.6) is 17.4 Å². The largest absolute Gasteiger partial charge is 0.494 e. The van der Waals surface area contributed by atoms with Crippen molar-refractivity contribution in [1.82, 2.24) is 34.4 Å². The summed E-state index contributed by atoms with van der Waals surface area (Å²) in [5.41, 5.74) is 1.69. The molecule has 0 aliphatic carbocycles. The molecule has 0 bridgehead atoms. The molecule has 9 nitrogen and oxygen atoms in total. The number of nitrogens with zero attached hydrogens (tertiary/aromatic N) is 7. The SMILES string of the molecule is CN(CCCOc1ccccc1)CCc1nc(-c2ccc(Oc3ccccc3)nc2)nn1-c1cnn(C)c1. The van der Waals surface area contributed by atoms with E-state index in [1.807, 2.05) is 90.7 Å². The lowest BCUT2D eigenvalue weighted by atomic mass is 10.2. The zero-order valence-electron chi connectivity index (χ0n) is 21.6. The van der Waals surface area contributed by atoms with Crippen LogP contribution in [0.15, 0.2) is 91.4 Å². The van der Waals surface area contributed by atoms with Crippen molar-refractivity contribution >= 4 is 0 Å². The second-order valence-corrected chi connectivity index (χ2v) is 9.00. The van der Waals surface area contributed by atoms with Crippen molar-refractivity contribution in [3.05, 3.63) is 97.2 Å². The van der Waals surface area contributed by atoms with Gasteiger partial charge in [-0.1, -0.05) is 36.4 Å². The van der Waals surface area contributed by atoms with Gasteiger partial charge in [0.25, 0.3) is 0 Å². The van der Waals surface area contributed by atoms with Gasteiger partial charge >= 0.3 is 0 Å². The van der Waals surface area contributed by atoms with Crippen LogP contribution in [-0.4, -0.2) is 61.2 Å². The third kappa shape index (κ3) is 6.63. The highest BCUT2D eigenvalue weighted by atomic mass is 16.5. The third-order valence-electron chi connectivity index (χ3n) is 5.98. The molecule has 3 aromatic heterocycles. The lowest BCUT2D eigenvalue weighted by Crippen LogP contribution is -2.24. The molecule has 0 atom stereocenters. The van der Waals surface area contributed by atoms with Gasteiger partial charge in [0.2, 0.25) is 5.88 Å². The average molecular weight is 510 g/mol. The monoisotopic (exact) mass is 509 g/mol. The lowest BCUT2D eigenvalue weighted by Gasteiger charge is -2.16. The van der Waals surface area contributed by atoms with Crippen LogP contribution in [0, 0.1) is 0 Å².